The summed E-state index contributed by atoms with van der Waals surface area (Å²) in [5.74, 6) is 0.419. The van der Waals surface area contributed by atoms with Gasteiger partial charge < -0.3 is 10.1 Å². The van der Waals surface area contributed by atoms with Gasteiger partial charge in [-0.25, -0.2) is 4.39 Å². The molecule has 0 aliphatic heterocycles. The van der Waals surface area contributed by atoms with Crippen molar-refractivity contribution in [2.75, 3.05) is 13.7 Å². The van der Waals surface area contributed by atoms with Crippen molar-refractivity contribution in [1.29, 1.82) is 0 Å². The fraction of sp³-hybridized carbons (Fsp3) is 0.412. The summed E-state index contributed by atoms with van der Waals surface area (Å²) in [5.41, 5.74) is 1.95. The van der Waals surface area contributed by atoms with Crippen molar-refractivity contribution in [3.8, 4) is 5.75 Å². The van der Waals surface area contributed by atoms with Crippen LogP contribution in [-0.4, -0.2) is 13.7 Å². The highest BCUT2D eigenvalue weighted by atomic mass is 32.1. The molecule has 0 saturated carbocycles. The van der Waals surface area contributed by atoms with E-state index in [9.17, 15) is 4.39 Å². The van der Waals surface area contributed by atoms with Gasteiger partial charge in [0.05, 0.1) is 7.11 Å². The lowest BCUT2D eigenvalue weighted by molar-refractivity contribution is 0.385. The third-order valence-corrected chi connectivity index (χ3v) is 4.26. The van der Waals surface area contributed by atoms with E-state index in [1.54, 1.807) is 24.5 Å². The van der Waals surface area contributed by atoms with Crippen LogP contribution in [0.3, 0.4) is 0 Å². The molecule has 1 heterocycles. The predicted molar refractivity (Wildman–Crippen MR) is 86.6 cm³/mol. The zero-order valence-corrected chi connectivity index (χ0v) is 13.4. The smallest absolute Gasteiger partial charge is 0.131 e. The van der Waals surface area contributed by atoms with Crippen LogP contribution in [0.15, 0.2) is 35.0 Å². The summed E-state index contributed by atoms with van der Waals surface area (Å²) in [6, 6.07) is 7.11. The minimum Gasteiger partial charge on any atom is -0.496 e. The van der Waals surface area contributed by atoms with Crippen molar-refractivity contribution in [3.63, 3.8) is 0 Å². The minimum atomic E-state index is -0.201. The van der Waals surface area contributed by atoms with E-state index in [1.807, 2.05) is 6.07 Å². The van der Waals surface area contributed by atoms with Crippen LogP contribution in [0.1, 0.15) is 36.9 Å². The van der Waals surface area contributed by atoms with E-state index in [0.717, 1.165) is 25.8 Å². The standard InChI is InChI=1S/C17H22FNOS/c1-3-10-19-15(8-7-13-9-11-21-12-13)17-14(18)5-4-6-16(17)20-2/h4-6,9,11-12,15,19H,3,7-8,10H2,1-2H3. The molecule has 0 fully saturated rings. The molecule has 0 aliphatic carbocycles. The largest absolute Gasteiger partial charge is 0.496 e. The number of thiophene rings is 1. The first-order chi connectivity index (χ1) is 10.3. The topological polar surface area (TPSA) is 21.3 Å². The monoisotopic (exact) mass is 307 g/mol. The Kier molecular flexibility index (Phi) is 6.21. The lowest BCUT2D eigenvalue weighted by atomic mass is 9.98. The molecule has 1 atom stereocenters. The van der Waals surface area contributed by atoms with E-state index in [1.165, 1.54) is 11.6 Å². The van der Waals surface area contributed by atoms with Gasteiger partial charge in [-0.1, -0.05) is 13.0 Å². The number of nitrogens with one attached hydrogen (secondary N) is 1. The Morgan fingerprint density at radius 2 is 2.19 bits per heavy atom. The van der Waals surface area contributed by atoms with Crippen LogP contribution < -0.4 is 10.1 Å². The fourth-order valence-electron chi connectivity index (χ4n) is 2.45. The second kappa shape index (κ2) is 8.15. The van der Waals surface area contributed by atoms with E-state index in [2.05, 4.69) is 29.1 Å². The first-order valence-corrected chi connectivity index (χ1v) is 8.27. The van der Waals surface area contributed by atoms with Gasteiger partial charge in [-0.05, 0) is 60.3 Å². The van der Waals surface area contributed by atoms with Crippen molar-refractivity contribution in [2.24, 2.45) is 0 Å². The lowest BCUT2D eigenvalue weighted by Crippen LogP contribution is -2.24. The van der Waals surface area contributed by atoms with Crippen LogP contribution in [0.4, 0.5) is 4.39 Å². The third kappa shape index (κ3) is 4.29. The van der Waals surface area contributed by atoms with E-state index < -0.39 is 0 Å². The molecule has 2 aromatic rings. The Morgan fingerprint density at radius 3 is 2.86 bits per heavy atom. The maximum Gasteiger partial charge on any atom is 0.131 e. The molecule has 2 rings (SSSR count). The lowest BCUT2D eigenvalue weighted by Gasteiger charge is -2.21. The Balaban J connectivity index is 2.18. The molecule has 1 unspecified atom stereocenters. The zero-order valence-electron chi connectivity index (χ0n) is 12.6. The molecule has 114 valence electrons. The van der Waals surface area contributed by atoms with E-state index in [4.69, 9.17) is 4.74 Å². The van der Waals surface area contributed by atoms with E-state index in [-0.39, 0.29) is 11.9 Å². The zero-order chi connectivity index (χ0) is 15.1. The van der Waals surface area contributed by atoms with Crippen molar-refractivity contribution in [3.05, 3.63) is 52.0 Å². The average Bonchev–Trinajstić information content (AvgIpc) is 3.01. The number of ether oxygens (including phenoxy) is 1. The predicted octanol–water partition coefficient (Wildman–Crippen LogP) is 4.57. The highest BCUT2D eigenvalue weighted by molar-refractivity contribution is 7.07. The second-order valence-corrected chi connectivity index (χ2v) is 5.81. The van der Waals surface area contributed by atoms with Crippen molar-refractivity contribution < 1.29 is 9.13 Å². The maximum atomic E-state index is 14.3. The molecule has 0 radical (unpaired) electrons. The quantitative estimate of drug-likeness (QED) is 0.771. The molecular formula is C17H22FNOS. The highest BCUT2D eigenvalue weighted by Crippen LogP contribution is 2.31. The molecule has 0 spiro atoms. The number of methoxy groups -OCH3 is 1. The molecule has 1 aromatic heterocycles. The fourth-order valence-corrected chi connectivity index (χ4v) is 3.15. The summed E-state index contributed by atoms with van der Waals surface area (Å²) in [6.07, 6.45) is 2.81. The van der Waals surface area contributed by atoms with Crippen LogP contribution in [-0.2, 0) is 6.42 Å². The SMILES string of the molecule is CCCNC(CCc1ccsc1)c1c(F)cccc1OC. The molecular weight excluding hydrogens is 285 g/mol. The van der Waals surface area contributed by atoms with Crippen LogP contribution in [0, 0.1) is 5.82 Å². The summed E-state index contributed by atoms with van der Waals surface area (Å²) in [4.78, 5) is 0. The molecule has 4 heteroatoms. The van der Waals surface area contributed by atoms with Crippen LogP contribution in [0.5, 0.6) is 5.75 Å². The number of aryl methyl sites for hydroxylation is 1. The van der Waals surface area contributed by atoms with Crippen LogP contribution >= 0.6 is 11.3 Å². The van der Waals surface area contributed by atoms with Crippen molar-refractivity contribution >= 4 is 11.3 Å². The van der Waals surface area contributed by atoms with E-state index in [0.29, 0.717) is 11.3 Å². The first kappa shape index (κ1) is 16.0. The molecule has 0 amide bonds. The summed E-state index contributed by atoms with van der Waals surface area (Å²) in [7, 11) is 1.59. The van der Waals surface area contributed by atoms with Gasteiger partial charge >= 0.3 is 0 Å². The number of hydrogen-bond acceptors (Lipinski definition) is 3. The van der Waals surface area contributed by atoms with Gasteiger partial charge in [0.1, 0.15) is 11.6 Å². The van der Waals surface area contributed by atoms with Gasteiger partial charge in [-0.15, -0.1) is 0 Å². The highest BCUT2D eigenvalue weighted by Gasteiger charge is 2.19. The summed E-state index contributed by atoms with van der Waals surface area (Å²) in [5, 5.41) is 7.67. The normalized spacial score (nSPS) is 12.3. The summed E-state index contributed by atoms with van der Waals surface area (Å²) in [6.45, 7) is 2.98. The Labute approximate surface area is 130 Å². The third-order valence-electron chi connectivity index (χ3n) is 3.52. The average molecular weight is 307 g/mol. The van der Waals surface area contributed by atoms with Gasteiger partial charge in [0, 0.05) is 11.6 Å². The molecule has 0 saturated heterocycles. The van der Waals surface area contributed by atoms with Gasteiger partial charge in [0.15, 0.2) is 0 Å². The van der Waals surface area contributed by atoms with Gasteiger partial charge in [0.25, 0.3) is 0 Å². The number of halogens is 1. The number of rotatable bonds is 8. The second-order valence-electron chi connectivity index (χ2n) is 5.03. The van der Waals surface area contributed by atoms with Crippen molar-refractivity contribution in [1.82, 2.24) is 5.32 Å². The summed E-state index contributed by atoms with van der Waals surface area (Å²) >= 11 is 1.70. The van der Waals surface area contributed by atoms with Gasteiger partial charge in [0.2, 0.25) is 0 Å². The molecule has 0 aliphatic rings. The molecule has 0 bridgehead atoms. The maximum absolute atomic E-state index is 14.3. The Hall–Kier alpha value is -1.39. The number of hydrogen-bond donors (Lipinski definition) is 1. The molecule has 2 nitrogen and oxygen atoms in total. The first-order valence-electron chi connectivity index (χ1n) is 7.33. The molecule has 1 aromatic carbocycles. The van der Waals surface area contributed by atoms with Gasteiger partial charge in [-0.2, -0.15) is 11.3 Å². The minimum absolute atomic E-state index is 0.0269. The summed E-state index contributed by atoms with van der Waals surface area (Å²) < 4.78 is 19.6. The number of benzene rings is 1. The van der Waals surface area contributed by atoms with Crippen LogP contribution in [0.2, 0.25) is 0 Å². The molecule has 21 heavy (non-hydrogen) atoms. The molecule has 1 N–H and O–H groups in total. The van der Waals surface area contributed by atoms with Crippen LogP contribution in [0.25, 0.3) is 0 Å². The van der Waals surface area contributed by atoms with Crippen molar-refractivity contribution in [2.45, 2.75) is 32.2 Å². The van der Waals surface area contributed by atoms with E-state index >= 15 is 0 Å². The Bertz CT molecular complexity index is 542. The van der Waals surface area contributed by atoms with Gasteiger partial charge in [-0.3, -0.25) is 0 Å². The Morgan fingerprint density at radius 1 is 1.33 bits per heavy atom.